The molecule has 2 rings (SSSR count). The van der Waals surface area contributed by atoms with Crippen molar-refractivity contribution in [1.82, 2.24) is 10.2 Å². The van der Waals surface area contributed by atoms with E-state index in [1.54, 1.807) is 4.90 Å². The molecule has 2 N–H and O–H groups in total. The van der Waals surface area contributed by atoms with Crippen molar-refractivity contribution in [3.63, 3.8) is 0 Å². The Morgan fingerprint density at radius 3 is 2.35 bits per heavy atom. The van der Waals surface area contributed by atoms with E-state index in [1.807, 2.05) is 6.92 Å². The summed E-state index contributed by atoms with van der Waals surface area (Å²) in [5.41, 5.74) is -0.623. The molecule has 0 atom stereocenters. The van der Waals surface area contributed by atoms with E-state index in [-0.39, 0.29) is 6.03 Å². The lowest BCUT2D eigenvalue weighted by Gasteiger charge is -2.38. The Morgan fingerprint density at radius 1 is 1.25 bits per heavy atom. The molecule has 2 amide bonds. The third-order valence-corrected chi connectivity index (χ3v) is 5.15. The van der Waals surface area contributed by atoms with E-state index in [4.69, 9.17) is 0 Å². The van der Waals surface area contributed by atoms with Crippen molar-refractivity contribution in [2.75, 3.05) is 19.6 Å². The van der Waals surface area contributed by atoms with Crippen LogP contribution in [0.5, 0.6) is 0 Å². The fourth-order valence-electron chi connectivity index (χ4n) is 3.41. The molecular formula is C15H26N2O3. The Labute approximate surface area is 120 Å². The molecule has 1 aliphatic carbocycles. The van der Waals surface area contributed by atoms with Crippen LogP contribution in [0.1, 0.15) is 51.9 Å². The second-order valence-electron chi connectivity index (χ2n) is 6.26. The molecule has 1 saturated carbocycles. The third-order valence-electron chi connectivity index (χ3n) is 5.15. The Kier molecular flexibility index (Phi) is 4.89. The number of nitrogens with zero attached hydrogens (tertiary/aromatic N) is 1. The maximum Gasteiger partial charge on any atom is 0.317 e. The van der Waals surface area contributed by atoms with E-state index in [0.717, 1.165) is 6.54 Å². The van der Waals surface area contributed by atoms with Gasteiger partial charge in [0.05, 0.1) is 5.41 Å². The highest BCUT2D eigenvalue weighted by Crippen LogP contribution is 2.35. The monoisotopic (exact) mass is 282 g/mol. The van der Waals surface area contributed by atoms with Gasteiger partial charge in [0.15, 0.2) is 0 Å². The van der Waals surface area contributed by atoms with Gasteiger partial charge in [-0.1, -0.05) is 19.8 Å². The summed E-state index contributed by atoms with van der Waals surface area (Å²) in [5, 5.41) is 12.3. The zero-order chi connectivity index (χ0) is 14.6. The smallest absolute Gasteiger partial charge is 0.317 e. The first-order chi connectivity index (χ1) is 9.57. The molecule has 0 radical (unpaired) electrons. The van der Waals surface area contributed by atoms with Crippen LogP contribution in [0.4, 0.5) is 4.79 Å². The Balaban J connectivity index is 1.77. The zero-order valence-electron chi connectivity index (χ0n) is 12.4. The lowest BCUT2D eigenvalue weighted by Crippen LogP contribution is -2.50. The molecule has 0 unspecified atom stereocenters. The Hall–Kier alpha value is -1.26. The van der Waals surface area contributed by atoms with Gasteiger partial charge in [0.25, 0.3) is 0 Å². The summed E-state index contributed by atoms with van der Waals surface area (Å²) in [5.74, 6) is -0.0801. The van der Waals surface area contributed by atoms with Gasteiger partial charge in [-0.3, -0.25) is 4.79 Å². The molecule has 0 aromatic rings. The lowest BCUT2D eigenvalue weighted by molar-refractivity contribution is -0.151. The van der Waals surface area contributed by atoms with Crippen molar-refractivity contribution in [2.45, 2.75) is 51.9 Å². The van der Waals surface area contributed by atoms with Gasteiger partial charge in [-0.05, 0) is 38.0 Å². The molecule has 2 aliphatic rings. The molecule has 0 aromatic carbocycles. The van der Waals surface area contributed by atoms with Crippen LogP contribution in [0.15, 0.2) is 0 Å². The number of carboxylic acid groups (broad SMARTS) is 1. The fourth-order valence-corrected chi connectivity index (χ4v) is 3.41. The number of likely N-dealkylation sites (tertiary alicyclic amines) is 1. The van der Waals surface area contributed by atoms with Crippen LogP contribution >= 0.6 is 0 Å². The van der Waals surface area contributed by atoms with Crippen LogP contribution in [0.2, 0.25) is 0 Å². The number of hydrogen-bond donors (Lipinski definition) is 2. The first-order valence-corrected chi connectivity index (χ1v) is 7.83. The minimum atomic E-state index is -0.717. The van der Waals surface area contributed by atoms with Crippen molar-refractivity contribution < 1.29 is 14.7 Å². The maximum absolute atomic E-state index is 12.1. The van der Waals surface area contributed by atoms with Gasteiger partial charge in [0, 0.05) is 19.6 Å². The van der Waals surface area contributed by atoms with Gasteiger partial charge in [-0.2, -0.15) is 0 Å². The van der Waals surface area contributed by atoms with Gasteiger partial charge in [-0.15, -0.1) is 0 Å². The first kappa shape index (κ1) is 15.1. The molecule has 1 saturated heterocycles. The van der Waals surface area contributed by atoms with Crippen molar-refractivity contribution in [3.05, 3.63) is 0 Å². The molecule has 114 valence electrons. The summed E-state index contributed by atoms with van der Waals surface area (Å²) in [6, 6.07) is -0.0213. The molecule has 0 bridgehead atoms. The van der Waals surface area contributed by atoms with Crippen molar-refractivity contribution in [2.24, 2.45) is 11.3 Å². The summed E-state index contributed by atoms with van der Waals surface area (Å²) in [4.78, 5) is 25.2. The maximum atomic E-state index is 12.1. The molecule has 1 aliphatic heterocycles. The number of rotatable bonds is 4. The number of carbonyl (C=O) groups excluding carboxylic acids is 1. The second kappa shape index (κ2) is 6.46. The van der Waals surface area contributed by atoms with Gasteiger partial charge >= 0.3 is 12.0 Å². The van der Waals surface area contributed by atoms with Gasteiger partial charge < -0.3 is 15.3 Å². The first-order valence-electron chi connectivity index (χ1n) is 7.83. The third kappa shape index (κ3) is 3.25. The predicted octanol–water partition coefficient (Wildman–Crippen LogP) is 2.46. The van der Waals surface area contributed by atoms with Crippen molar-refractivity contribution in [1.29, 1.82) is 0 Å². The van der Waals surface area contributed by atoms with Crippen LogP contribution < -0.4 is 5.32 Å². The van der Waals surface area contributed by atoms with Gasteiger partial charge in [0.1, 0.15) is 0 Å². The van der Waals surface area contributed by atoms with E-state index in [2.05, 4.69) is 5.32 Å². The van der Waals surface area contributed by atoms with Crippen molar-refractivity contribution in [3.8, 4) is 0 Å². The summed E-state index contributed by atoms with van der Waals surface area (Å²) in [6.45, 7) is 3.80. The largest absolute Gasteiger partial charge is 0.481 e. The SMILES string of the molecule is CCC1(C(=O)O)CCN(C(=O)NCC2CCCC2)CC1. The summed E-state index contributed by atoms with van der Waals surface area (Å²) in [6.07, 6.45) is 6.77. The van der Waals surface area contributed by atoms with E-state index in [0.29, 0.717) is 38.3 Å². The number of carboxylic acids is 1. The molecule has 0 spiro atoms. The van der Waals surface area contributed by atoms with Gasteiger partial charge in [-0.25, -0.2) is 4.79 Å². The molecule has 5 nitrogen and oxygen atoms in total. The minimum absolute atomic E-state index is 0.0213. The standard InChI is InChI=1S/C15H26N2O3/c1-2-15(13(18)19)7-9-17(10-8-15)14(20)16-11-12-5-3-4-6-12/h12H,2-11H2,1H3,(H,16,20)(H,18,19). The van der Waals surface area contributed by atoms with Crippen LogP contribution in [-0.2, 0) is 4.79 Å². The number of piperidine rings is 1. The summed E-state index contributed by atoms with van der Waals surface area (Å²) < 4.78 is 0. The summed E-state index contributed by atoms with van der Waals surface area (Å²) in [7, 11) is 0. The average Bonchev–Trinajstić information content (AvgIpc) is 2.98. The normalized spacial score (nSPS) is 22.8. The van der Waals surface area contributed by atoms with E-state index in [1.165, 1.54) is 25.7 Å². The van der Waals surface area contributed by atoms with Gasteiger partial charge in [0.2, 0.25) is 0 Å². The van der Waals surface area contributed by atoms with Crippen LogP contribution in [0.3, 0.4) is 0 Å². The van der Waals surface area contributed by atoms with E-state index >= 15 is 0 Å². The number of carbonyl (C=O) groups is 2. The molecule has 5 heteroatoms. The molecular weight excluding hydrogens is 256 g/mol. The molecule has 1 heterocycles. The zero-order valence-corrected chi connectivity index (χ0v) is 12.4. The molecule has 2 fully saturated rings. The highest BCUT2D eigenvalue weighted by molar-refractivity contribution is 5.77. The number of hydrogen-bond acceptors (Lipinski definition) is 2. The number of nitrogens with one attached hydrogen (secondary N) is 1. The average molecular weight is 282 g/mol. The Morgan fingerprint density at radius 2 is 1.85 bits per heavy atom. The fraction of sp³-hybridized carbons (Fsp3) is 0.867. The highest BCUT2D eigenvalue weighted by Gasteiger charge is 2.40. The van der Waals surface area contributed by atoms with Crippen LogP contribution in [-0.4, -0.2) is 41.6 Å². The number of aliphatic carboxylic acids is 1. The quantitative estimate of drug-likeness (QED) is 0.832. The van der Waals surface area contributed by atoms with Crippen LogP contribution in [0, 0.1) is 11.3 Å². The van der Waals surface area contributed by atoms with E-state index < -0.39 is 11.4 Å². The Bertz CT molecular complexity index is 356. The predicted molar refractivity (Wildman–Crippen MR) is 76.5 cm³/mol. The van der Waals surface area contributed by atoms with Crippen LogP contribution in [0.25, 0.3) is 0 Å². The second-order valence-corrected chi connectivity index (χ2v) is 6.26. The van der Waals surface area contributed by atoms with E-state index in [9.17, 15) is 14.7 Å². The molecule has 20 heavy (non-hydrogen) atoms. The number of urea groups is 1. The summed E-state index contributed by atoms with van der Waals surface area (Å²) >= 11 is 0. The highest BCUT2D eigenvalue weighted by atomic mass is 16.4. The molecule has 0 aromatic heterocycles. The van der Waals surface area contributed by atoms with Crippen molar-refractivity contribution >= 4 is 12.0 Å². The topological polar surface area (TPSA) is 69.6 Å². The minimum Gasteiger partial charge on any atom is -0.481 e. The lowest BCUT2D eigenvalue weighted by atomic mass is 9.76. The number of amides is 2.